The lowest BCUT2D eigenvalue weighted by molar-refractivity contribution is 0.0526. The minimum Gasteiger partial charge on any atom is -0.494 e. The molecule has 0 atom stereocenters. The van der Waals surface area contributed by atoms with Crippen molar-refractivity contribution in [1.29, 1.82) is 0 Å². The molecule has 0 aliphatic rings. The Labute approximate surface area is 168 Å². The Morgan fingerprint density at radius 2 is 2.00 bits per heavy atom. The molecular formula is C19H19ClFNO5S. The van der Waals surface area contributed by atoms with Crippen LogP contribution in [0.15, 0.2) is 53.9 Å². The normalized spacial score (nSPS) is 11.0. The van der Waals surface area contributed by atoms with Crippen molar-refractivity contribution in [2.45, 2.75) is 11.8 Å². The second-order valence-electron chi connectivity index (χ2n) is 5.51. The van der Waals surface area contributed by atoms with Crippen molar-refractivity contribution in [3.63, 3.8) is 0 Å². The number of nitrogens with zero attached hydrogens (tertiary/aromatic N) is 1. The van der Waals surface area contributed by atoms with Gasteiger partial charge in [0.1, 0.15) is 0 Å². The molecule has 0 unspecified atom stereocenters. The SMILES string of the molecule is C=CCN(c1ccc(C(=O)OCC)c(Cl)c1)S(=O)(=O)c1ccc(OC)c(F)c1. The second kappa shape index (κ2) is 9.07. The fourth-order valence-electron chi connectivity index (χ4n) is 2.43. The maximum atomic E-state index is 14.0. The van der Waals surface area contributed by atoms with Gasteiger partial charge in [0.25, 0.3) is 10.0 Å². The highest BCUT2D eigenvalue weighted by atomic mass is 35.5. The summed E-state index contributed by atoms with van der Waals surface area (Å²) in [6, 6.07) is 7.45. The van der Waals surface area contributed by atoms with E-state index in [-0.39, 0.29) is 40.1 Å². The maximum Gasteiger partial charge on any atom is 0.339 e. The number of anilines is 1. The number of hydrogen-bond acceptors (Lipinski definition) is 5. The standard InChI is InChI=1S/C19H19ClFNO5S/c1-4-10-22(13-6-8-15(16(20)11-13)19(23)27-5-2)28(24,25)14-7-9-18(26-3)17(21)12-14/h4,6-9,11-12H,1,5,10H2,2-3H3. The predicted octanol–water partition coefficient (Wildman–Crippen LogP) is 4.05. The molecule has 9 heteroatoms. The molecule has 2 aromatic rings. The number of benzene rings is 2. The first-order valence-corrected chi connectivity index (χ1v) is 10.0. The third-order valence-corrected chi connectivity index (χ3v) is 5.84. The summed E-state index contributed by atoms with van der Waals surface area (Å²) in [5.41, 5.74) is 0.299. The molecule has 2 rings (SSSR count). The van der Waals surface area contributed by atoms with Crippen LogP contribution in [0.1, 0.15) is 17.3 Å². The van der Waals surface area contributed by atoms with Gasteiger partial charge in [-0.05, 0) is 43.3 Å². The Hall–Kier alpha value is -2.58. The number of carbonyl (C=O) groups excluding carboxylic acids is 1. The van der Waals surface area contributed by atoms with E-state index in [1.165, 1.54) is 43.5 Å². The molecule has 0 saturated heterocycles. The molecule has 6 nitrogen and oxygen atoms in total. The van der Waals surface area contributed by atoms with Crippen molar-refractivity contribution in [2.75, 3.05) is 24.6 Å². The van der Waals surface area contributed by atoms with Crippen molar-refractivity contribution in [3.8, 4) is 5.75 Å². The largest absolute Gasteiger partial charge is 0.494 e. The molecule has 0 N–H and O–H groups in total. The molecule has 0 aliphatic heterocycles. The van der Waals surface area contributed by atoms with Crippen LogP contribution in [0.3, 0.4) is 0 Å². The summed E-state index contributed by atoms with van der Waals surface area (Å²) < 4.78 is 50.8. The summed E-state index contributed by atoms with van der Waals surface area (Å²) in [6.07, 6.45) is 1.38. The Balaban J connectivity index is 2.49. The van der Waals surface area contributed by atoms with Crippen LogP contribution < -0.4 is 9.04 Å². The van der Waals surface area contributed by atoms with E-state index in [0.717, 1.165) is 10.4 Å². The number of esters is 1. The summed E-state index contributed by atoms with van der Waals surface area (Å²) in [5.74, 6) is -1.50. The average molecular weight is 428 g/mol. The monoisotopic (exact) mass is 427 g/mol. The summed E-state index contributed by atoms with van der Waals surface area (Å²) in [6.45, 7) is 5.31. The third kappa shape index (κ3) is 4.45. The summed E-state index contributed by atoms with van der Waals surface area (Å²) >= 11 is 6.14. The zero-order valence-electron chi connectivity index (χ0n) is 15.3. The molecule has 0 amide bonds. The van der Waals surface area contributed by atoms with Gasteiger partial charge in [-0.25, -0.2) is 17.6 Å². The summed E-state index contributed by atoms with van der Waals surface area (Å²) in [4.78, 5) is 11.6. The zero-order valence-corrected chi connectivity index (χ0v) is 16.9. The summed E-state index contributed by atoms with van der Waals surface area (Å²) in [7, 11) is -2.85. The molecule has 2 aromatic carbocycles. The first-order chi connectivity index (χ1) is 13.3. The van der Waals surface area contributed by atoms with E-state index in [1.54, 1.807) is 6.92 Å². The van der Waals surface area contributed by atoms with Gasteiger partial charge in [-0.3, -0.25) is 4.31 Å². The van der Waals surface area contributed by atoms with Gasteiger partial charge in [-0.15, -0.1) is 6.58 Å². The van der Waals surface area contributed by atoms with Crippen LogP contribution in [0.2, 0.25) is 5.02 Å². The topological polar surface area (TPSA) is 72.9 Å². The molecule has 0 heterocycles. The molecule has 0 bridgehead atoms. The third-order valence-electron chi connectivity index (χ3n) is 3.74. The van der Waals surface area contributed by atoms with E-state index in [9.17, 15) is 17.6 Å². The van der Waals surface area contributed by atoms with E-state index in [2.05, 4.69) is 6.58 Å². The predicted molar refractivity (Wildman–Crippen MR) is 105 cm³/mol. The van der Waals surface area contributed by atoms with Gasteiger partial charge < -0.3 is 9.47 Å². The molecule has 28 heavy (non-hydrogen) atoms. The number of methoxy groups -OCH3 is 1. The van der Waals surface area contributed by atoms with E-state index in [1.807, 2.05) is 0 Å². The Bertz CT molecular complexity index is 994. The van der Waals surface area contributed by atoms with Crippen molar-refractivity contribution in [3.05, 3.63) is 65.5 Å². The number of carbonyl (C=O) groups is 1. The first kappa shape index (κ1) is 21.7. The highest BCUT2D eigenvalue weighted by Crippen LogP contribution is 2.30. The lowest BCUT2D eigenvalue weighted by Crippen LogP contribution is -2.31. The number of hydrogen-bond donors (Lipinski definition) is 0. The van der Waals surface area contributed by atoms with Gasteiger partial charge >= 0.3 is 5.97 Å². The number of halogens is 2. The Morgan fingerprint density at radius 1 is 1.29 bits per heavy atom. The number of sulfonamides is 1. The van der Waals surface area contributed by atoms with Crippen molar-refractivity contribution < 1.29 is 27.1 Å². The van der Waals surface area contributed by atoms with Crippen LogP contribution in [-0.2, 0) is 14.8 Å². The molecule has 0 fully saturated rings. The Kier molecular flexibility index (Phi) is 7.04. The molecule has 0 saturated carbocycles. The Morgan fingerprint density at radius 3 is 2.54 bits per heavy atom. The quantitative estimate of drug-likeness (QED) is 0.469. The molecule has 0 aliphatic carbocycles. The van der Waals surface area contributed by atoms with Gasteiger partial charge in [0, 0.05) is 0 Å². The van der Waals surface area contributed by atoms with Crippen molar-refractivity contribution in [1.82, 2.24) is 0 Å². The molecule has 0 spiro atoms. The molecule has 150 valence electrons. The smallest absolute Gasteiger partial charge is 0.339 e. The number of ether oxygens (including phenoxy) is 2. The van der Waals surface area contributed by atoms with Gasteiger partial charge in [0.15, 0.2) is 11.6 Å². The van der Waals surface area contributed by atoms with Gasteiger partial charge in [-0.2, -0.15) is 0 Å². The van der Waals surface area contributed by atoms with E-state index in [0.29, 0.717) is 0 Å². The minimum absolute atomic E-state index is 0.0288. The first-order valence-electron chi connectivity index (χ1n) is 8.20. The number of rotatable bonds is 8. The highest BCUT2D eigenvalue weighted by molar-refractivity contribution is 7.92. The van der Waals surface area contributed by atoms with Crippen LogP contribution >= 0.6 is 11.6 Å². The van der Waals surface area contributed by atoms with Gasteiger partial charge in [0.05, 0.1) is 41.4 Å². The minimum atomic E-state index is -4.13. The maximum absolute atomic E-state index is 14.0. The second-order valence-corrected chi connectivity index (χ2v) is 7.78. The van der Waals surface area contributed by atoms with Crippen LogP contribution in [0.5, 0.6) is 5.75 Å². The average Bonchev–Trinajstić information content (AvgIpc) is 2.65. The van der Waals surface area contributed by atoms with Crippen molar-refractivity contribution in [2.24, 2.45) is 0 Å². The van der Waals surface area contributed by atoms with E-state index in [4.69, 9.17) is 21.1 Å². The van der Waals surface area contributed by atoms with Gasteiger partial charge in [0.2, 0.25) is 0 Å². The lowest BCUT2D eigenvalue weighted by atomic mass is 10.2. The van der Waals surface area contributed by atoms with Crippen LogP contribution in [0, 0.1) is 5.82 Å². The fourth-order valence-corrected chi connectivity index (χ4v) is 4.12. The summed E-state index contributed by atoms with van der Waals surface area (Å²) in [5, 5.41) is 0.0288. The van der Waals surface area contributed by atoms with E-state index < -0.39 is 21.8 Å². The highest BCUT2D eigenvalue weighted by Gasteiger charge is 2.26. The van der Waals surface area contributed by atoms with Crippen LogP contribution in [0.4, 0.5) is 10.1 Å². The lowest BCUT2D eigenvalue weighted by Gasteiger charge is -2.24. The van der Waals surface area contributed by atoms with E-state index >= 15 is 0 Å². The molecular weight excluding hydrogens is 409 g/mol. The zero-order chi connectivity index (χ0) is 20.9. The fraction of sp³-hybridized carbons (Fsp3) is 0.211. The molecule has 0 radical (unpaired) electrons. The van der Waals surface area contributed by atoms with Gasteiger partial charge in [-0.1, -0.05) is 17.7 Å². The van der Waals surface area contributed by atoms with Crippen LogP contribution in [-0.4, -0.2) is 34.6 Å². The van der Waals surface area contributed by atoms with Crippen molar-refractivity contribution >= 4 is 33.3 Å². The van der Waals surface area contributed by atoms with Crippen LogP contribution in [0.25, 0.3) is 0 Å². The molecule has 0 aromatic heterocycles.